The summed E-state index contributed by atoms with van der Waals surface area (Å²) in [6.45, 7) is 8.13. The van der Waals surface area contributed by atoms with Gasteiger partial charge in [0.05, 0.1) is 10.7 Å². The van der Waals surface area contributed by atoms with E-state index >= 15 is 0 Å². The Morgan fingerprint density at radius 1 is 1.11 bits per heavy atom. The second kappa shape index (κ2) is 5.47. The van der Waals surface area contributed by atoms with Crippen LogP contribution in [0.2, 0.25) is 5.02 Å². The molecule has 98 valence electrons. The highest BCUT2D eigenvalue weighted by Gasteiger charge is 2.23. The molecule has 0 radical (unpaired) electrons. The van der Waals surface area contributed by atoms with Crippen LogP contribution in [-0.4, -0.2) is 50.7 Å². The summed E-state index contributed by atoms with van der Waals surface area (Å²) < 4.78 is 0. The molecule has 0 atom stereocenters. The molecular formula is C14H20ClN3. The maximum atomic E-state index is 6.25. The van der Waals surface area contributed by atoms with Crippen LogP contribution in [0.15, 0.2) is 24.3 Å². The molecule has 3 rings (SSSR count). The minimum atomic E-state index is 0.870. The van der Waals surface area contributed by atoms with E-state index in [2.05, 4.69) is 27.2 Å². The fraction of sp³-hybridized carbons (Fsp3) is 0.571. The molecule has 0 unspecified atom stereocenters. The van der Waals surface area contributed by atoms with E-state index in [1.54, 1.807) is 0 Å². The van der Waals surface area contributed by atoms with Crippen molar-refractivity contribution in [2.75, 3.05) is 50.7 Å². The number of hydrogen-bond acceptors (Lipinski definition) is 3. The summed E-state index contributed by atoms with van der Waals surface area (Å²) in [5.41, 5.74) is 1.18. The lowest BCUT2D eigenvalue weighted by Crippen LogP contribution is -2.53. The summed E-state index contributed by atoms with van der Waals surface area (Å²) in [7, 11) is 0. The van der Waals surface area contributed by atoms with Crippen molar-refractivity contribution in [2.45, 2.75) is 0 Å². The maximum absolute atomic E-state index is 6.25. The van der Waals surface area contributed by atoms with Gasteiger partial charge < -0.3 is 10.2 Å². The Bertz CT molecular complexity index is 398. The SMILES string of the molecule is Clc1ccccc1N1CCN(CC2CNC2)CC1. The molecular weight excluding hydrogens is 246 g/mol. The first-order chi connectivity index (χ1) is 8.83. The van der Waals surface area contributed by atoms with Crippen LogP contribution in [0.3, 0.4) is 0 Å². The minimum Gasteiger partial charge on any atom is -0.368 e. The van der Waals surface area contributed by atoms with E-state index in [9.17, 15) is 0 Å². The van der Waals surface area contributed by atoms with E-state index in [4.69, 9.17) is 11.6 Å². The van der Waals surface area contributed by atoms with Gasteiger partial charge in [0.2, 0.25) is 0 Å². The molecule has 1 aromatic rings. The first kappa shape index (κ1) is 12.3. The molecule has 0 bridgehead atoms. The summed E-state index contributed by atoms with van der Waals surface area (Å²) in [6.07, 6.45) is 0. The predicted octanol–water partition coefficient (Wildman–Crippen LogP) is 1.68. The zero-order valence-electron chi connectivity index (χ0n) is 10.6. The van der Waals surface area contributed by atoms with E-state index in [1.807, 2.05) is 12.1 Å². The number of rotatable bonds is 3. The van der Waals surface area contributed by atoms with Crippen molar-refractivity contribution < 1.29 is 0 Å². The molecule has 1 N–H and O–H groups in total. The number of halogens is 1. The monoisotopic (exact) mass is 265 g/mol. The molecule has 2 fully saturated rings. The van der Waals surface area contributed by atoms with Crippen molar-refractivity contribution in [2.24, 2.45) is 5.92 Å². The molecule has 1 aromatic carbocycles. The Labute approximate surface area is 114 Å². The Hall–Kier alpha value is -0.770. The minimum absolute atomic E-state index is 0.870. The van der Waals surface area contributed by atoms with Crippen molar-refractivity contribution in [3.8, 4) is 0 Å². The average Bonchev–Trinajstić information content (AvgIpc) is 2.35. The van der Waals surface area contributed by atoms with Gasteiger partial charge in [-0.3, -0.25) is 4.90 Å². The third-order valence-electron chi connectivity index (χ3n) is 3.95. The smallest absolute Gasteiger partial charge is 0.0639 e. The number of para-hydroxylation sites is 1. The number of benzene rings is 1. The third kappa shape index (κ3) is 2.63. The number of anilines is 1. The number of piperazine rings is 1. The standard InChI is InChI=1S/C14H20ClN3/c15-13-3-1-2-4-14(13)18-7-5-17(6-8-18)11-12-9-16-10-12/h1-4,12,16H,5-11H2. The molecule has 0 aromatic heterocycles. The van der Waals surface area contributed by atoms with E-state index < -0.39 is 0 Å². The van der Waals surface area contributed by atoms with Crippen molar-refractivity contribution in [1.82, 2.24) is 10.2 Å². The molecule has 3 nitrogen and oxygen atoms in total. The number of hydrogen-bond donors (Lipinski definition) is 1. The molecule has 0 aliphatic carbocycles. The molecule has 2 aliphatic rings. The summed E-state index contributed by atoms with van der Waals surface area (Å²) in [5.74, 6) is 0.872. The Balaban J connectivity index is 1.54. The lowest BCUT2D eigenvalue weighted by atomic mass is 10.0. The van der Waals surface area contributed by atoms with Crippen LogP contribution in [0.1, 0.15) is 0 Å². The van der Waals surface area contributed by atoms with Crippen molar-refractivity contribution >= 4 is 17.3 Å². The fourth-order valence-corrected chi connectivity index (χ4v) is 2.98. The van der Waals surface area contributed by atoms with Gasteiger partial charge in [-0.05, 0) is 18.1 Å². The van der Waals surface area contributed by atoms with Gasteiger partial charge in [0, 0.05) is 45.8 Å². The molecule has 18 heavy (non-hydrogen) atoms. The van der Waals surface area contributed by atoms with Crippen LogP contribution in [0, 0.1) is 5.92 Å². The van der Waals surface area contributed by atoms with E-state index in [1.165, 1.54) is 25.3 Å². The van der Waals surface area contributed by atoms with Crippen LogP contribution in [-0.2, 0) is 0 Å². The lowest BCUT2D eigenvalue weighted by Gasteiger charge is -2.39. The van der Waals surface area contributed by atoms with Gasteiger partial charge in [0.25, 0.3) is 0 Å². The van der Waals surface area contributed by atoms with Crippen molar-refractivity contribution in [3.63, 3.8) is 0 Å². The van der Waals surface area contributed by atoms with Crippen LogP contribution in [0.4, 0.5) is 5.69 Å². The third-order valence-corrected chi connectivity index (χ3v) is 4.27. The zero-order valence-corrected chi connectivity index (χ0v) is 11.4. The van der Waals surface area contributed by atoms with Crippen LogP contribution in [0.25, 0.3) is 0 Å². The number of nitrogens with one attached hydrogen (secondary N) is 1. The van der Waals surface area contributed by atoms with Gasteiger partial charge >= 0.3 is 0 Å². The average molecular weight is 266 g/mol. The van der Waals surface area contributed by atoms with Crippen LogP contribution < -0.4 is 10.2 Å². The predicted molar refractivity (Wildman–Crippen MR) is 76.5 cm³/mol. The summed E-state index contributed by atoms with van der Waals surface area (Å²) in [6, 6.07) is 8.15. The van der Waals surface area contributed by atoms with E-state index in [0.29, 0.717) is 0 Å². The topological polar surface area (TPSA) is 18.5 Å². The molecule has 0 saturated carbocycles. The molecule has 2 saturated heterocycles. The van der Waals surface area contributed by atoms with E-state index in [0.717, 1.165) is 37.1 Å². The summed E-state index contributed by atoms with van der Waals surface area (Å²) in [4.78, 5) is 4.98. The quantitative estimate of drug-likeness (QED) is 0.897. The Kier molecular flexibility index (Phi) is 3.73. The van der Waals surface area contributed by atoms with Gasteiger partial charge in [0.1, 0.15) is 0 Å². The summed E-state index contributed by atoms with van der Waals surface area (Å²) >= 11 is 6.25. The highest BCUT2D eigenvalue weighted by Crippen LogP contribution is 2.26. The molecule has 4 heteroatoms. The highest BCUT2D eigenvalue weighted by molar-refractivity contribution is 6.33. The van der Waals surface area contributed by atoms with Gasteiger partial charge in [-0.25, -0.2) is 0 Å². The largest absolute Gasteiger partial charge is 0.368 e. The highest BCUT2D eigenvalue weighted by atomic mass is 35.5. The fourth-order valence-electron chi connectivity index (χ4n) is 2.72. The lowest BCUT2D eigenvalue weighted by molar-refractivity contribution is 0.184. The van der Waals surface area contributed by atoms with Gasteiger partial charge in [-0.2, -0.15) is 0 Å². The zero-order chi connectivity index (χ0) is 12.4. The van der Waals surface area contributed by atoms with Crippen LogP contribution in [0.5, 0.6) is 0 Å². The number of nitrogens with zero attached hydrogens (tertiary/aromatic N) is 2. The van der Waals surface area contributed by atoms with Gasteiger partial charge in [0.15, 0.2) is 0 Å². The Morgan fingerprint density at radius 2 is 1.83 bits per heavy atom. The second-order valence-corrected chi connectivity index (χ2v) is 5.67. The normalized spacial score (nSPS) is 21.9. The van der Waals surface area contributed by atoms with Crippen molar-refractivity contribution in [1.29, 1.82) is 0 Å². The van der Waals surface area contributed by atoms with Gasteiger partial charge in [-0.15, -0.1) is 0 Å². The van der Waals surface area contributed by atoms with Crippen molar-refractivity contribution in [3.05, 3.63) is 29.3 Å². The molecule has 0 spiro atoms. The second-order valence-electron chi connectivity index (χ2n) is 5.26. The summed E-state index contributed by atoms with van der Waals surface area (Å²) in [5, 5.41) is 4.21. The Morgan fingerprint density at radius 3 is 2.44 bits per heavy atom. The first-order valence-electron chi connectivity index (χ1n) is 6.75. The first-order valence-corrected chi connectivity index (χ1v) is 7.13. The van der Waals surface area contributed by atoms with Gasteiger partial charge in [-0.1, -0.05) is 23.7 Å². The maximum Gasteiger partial charge on any atom is 0.0639 e. The van der Waals surface area contributed by atoms with Crippen LogP contribution >= 0.6 is 11.6 Å². The molecule has 0 amide bonds. The molecule has 2 heterocycles. The molecule has 2 aliphatic heterocycles. The van der Waals surface area contributed by atoms with E-state index in [-0.39, 0.29) is 0 Å².